The lowest BCUT2D eigenvalue weighted by Crippen LogP contribution is -2.38. The van der Waals surface area contributed by atoms with Crippen LogP contribution in [0.5, 0.6) is 0 Å². The maximum atomic E-state index is 11.1. The van der Waals surface area contributed by atoms with E-state index in [1.807, 2.05) is 0 Å². The van der Waals surface area contributed by atoms with Gasteiger partial charge in [-0.1, -0.05) is 13.3 Å². The molecule has 2 rings (SSSR count). The average molecular weight is 270 g/mol. The molecule has 100 valence electrons. The second kappa shape index (κ2) is 5.38. The summed E-state index contributed by atoms with van der Waals surface area (Å²) in [5.41, 5.74) is -0.820. The number of hydrogen-bond donors (Lipinski definition) is 2. The highest BCUT2D eigenvalue weighted by molar-refractivity contribution is 7.10. The molecule has 0 amide bonds. The van der Waals surface area contributed by atoms with Gasteiger partial charge in [-0.25, -0.2) is 4.79 Å². The molecule has 5 heteroatoms. The van der Waals surface area contributed by atoms with Crippen LogP contribution in [0.2, 0.25) is 0 Å². The van der Waals surface area contributed by atoms with E-state index >= 15 is 0 Å². The molecular formula is C13H18O4S. The van der Waals surface area contributed by atoms with Crippen LogP contribution in [-0.4, -0.2) is 28.9 Å². The molecule has 18 heavy (non-hydrogen) atoms. The average Bonchev–Trinajstić information content (AvgIpc) is 2.79. The minimum Gasteiger partial charge on any atom is -0.478 e. The Hall–Kier alpha value is -0.910. The third-order valence-corrected chi connectivity index (χ3v) is 4.47. The molecular weight excluding hydrogens is 252 g/mol. The van der Waals surface area contributed by atoms with E-state index < -0.39 is 11.6 Å². The summed E-state index contributed by atoms with van der Waals surface area (Å²) in [7, 11) is 0. The van der Waals surface area contributed by atoms with Crippen LogP contribution < -0.4 is 0 Å². The van der Waals surface area contributed by atoms with Crippen LogP contribution in [0.1, 0.15) is 47.8 Å². The molecule has 0 radical (unpaired) electrons. The molecule has 1 saturated heterocycles. The van der Waals surface area contributed by atoms with Crippen LogP contribution in [0.4, 0.5) is 0 Å². The number of rotatable bonds is 4. The standard InChI is InChI=1S/C13H18O4S/c1-2-3-9-8-13(16,5-6-17-9)11-10(12(14)15)4-7-18-11/h4,7,9,16H,2-3,5-6,8H2,1H3,(H,14,15). The van der Waals surface area contributed by atoms with E-state index in [-0.39, 0.29) is 11.7 Å². The van der Waals surface area contributed by atoms with Crippen molar-refractivity contribution in [1.29, 1.82) is 0 Å². The molecule has 1 aliphatic rings. The minimum atomic E-state index is -1.04. The third-order valence-electron chi connectivity index (χ3n) is 3.36. The highest BCUT2D eigenvalue weighted by Gasteiger charge is 2.39. The number of thiophene rings is 1. The van der Waals surface area contributed by atoms with E-state index in [0.717, 1.165) is 12.8 Å². The molecule has 2 unspecified atom stereocenters. The third kappa shape index (κ3) is 2.58. The fourth-order valence-electron chi connectivity index (χ4n) is 2.48. The molecule has 0 spiro atoms. The lowest BCUT2D eigenvalue weighted by Gasteiger charge is -2.36. The molecule has 1 aromatic heterocycles. The predicted molar refractivity (Wildman–Crippen MR) is 69.1 cm³/mol. The minimum absolute atomic E-state index is 0.0255. The number of aromatic carboxylic acids is 1. The van der Waals surface area contributed by atoms with E-state index in [1.165, 1.54) is 11.3 Å². The molecule has 0 aromatic carbocycles. The number of aliphatic hydroxyl groups is 1. The number of carboxylic acid groups (broad SMARTS) is 1. The van der Waals surface area contributed by atoms with Crippen molar-refractivity contribution < 1.29 is 19.7 Å². The highest BCUT2D eigenvalue weighted by atomic mass is 32.1. The topological polar surface area (TPSA) is 66.8 Å². The molecule has 1 aromatic rings. The Kier molecular flexibility index (Phi) is 4.04. The van der Waals surface area contributed by atoms with Crippen molar-refractivity contribution in [3.05, 3.63) is 21.9 Å². The summed E-state index contributed by atoms with van der Waals surface area (Å²) in [6.45, 7) is 2.56. The first-order chi connectivity index (χ1) is 8.57. The van der Waals surface area contributed by atoms with Crippen molar-refractivity contribution in [3.63, 3.8) is 0 Å². The Bertz CT molecular complexity index is 426. The quantitative estimate of drug-likeness (QED) is 0.882. The fraction of sp³-hybridized carbons (Fsp3) is 0.615. The van der Waals surface area contributed by atoms with Crippen LogP contribution in [-0.2, 0) is 10.3 Å². The van der Waals surface area contributed by atoms with Crippen LogP contribution in [0.15, 0.2) is 11.4 Å². The predicted octanol–water partition coefficient (Wildman–Crippen LogP) is 2.61. The summed E-state index contributed by atoms with van der Waals surface area (Å²) in [6.07, 6.45) is 2.88. The van der Waals surface area contributed by atoms with Gasteiger partial charge in [-0.15, -0.1) is 11.3 Å². The van der Waals surface area contributed by atoms with Crippen LogP contribution >= 0.6 is 11.3 Å². The Morgan fingerprint density at radius 1 is 1.67 bits per heavy atom. The maximum absolute atomic E-state index is 11.1. The SMILES string of the molecule is CCCC1CC(O)(c2sccc2C(=O)O)CCO1. The van der Waals surface area contributed by atoms with Gasteiger partial charge >= 0.3 is 5.97 Å². The largest absolute Gasteiger partial charge is 0.478 e. The second-order valence-corrected chi connectivity index (χ2v) is 5.65. The number of carbonyl (C=O) groups is 1. The lowest BCUT2D eigenvalue weighted by molar-refractivity contribution is -0.108. The Balaban J connectivity index is 2.24. The maximum Gasteiger partial charge on any atom is 0.336 e. The zero-order valence-corrected chi connectivity index (χ0v) is 11.2. The lowest BCUT2D eigenvalue weighted by atomic mass is 9.86. The van der Waals surface area contributed by atoms with Crippen LogP contribution in [0, 0.1) is 0 Å². The van der Waals surface area contributed by atoms with E-state index in [1.54, 1.807) is 11.4 Å². The number of carboxylic acids is 1. The molecule has 1 fully saturated rings. The van der Waals surface area contributed by atoms with Gasteiger partial charge < -0.3 is 14.9 Å². The van der Waals surface area contributed by atoms with Gasteiger partial charge in [0.2, 0.25) is 0 Å². The van der Waals surface area contributed by atoms with Crippen LogP contribution in [0.25, 0.3) is 0 Å². The monoisotopic (exact) mass is 270 g/mol. The molecule has 0 aliphatic carbocycles. The van der Waals surface area contributed by atoms with Gasteiger partial charge in [-0.05, 0) is 17.9 Å². The van der Waals surface area contributed by atoms with Crippen molar-refractivity contribution in [3.8, 4) is 0 Å². The fourth-order valence-corrected chi connectivity index (χ4v) is 3.51. The van der Waals surface area contributed by atoms with Crippen molar-refractivity contribution in [2.75, 3.05) is 6.61 Å². The van der Waals surface area contributed by atoms with Gasteiger partial charge in [0.25, 0.3) is 0 Å². The zero-order chi connectivity index (χ0) is 13.2. The summed E-state index contributed by atoms with van der Waals surface area (Å²) >= 11 is 1.32. The van der Waals surface area contributed by atoms with Crippen molar-refractivity contribution in [2.45, 2.75) is 44.3 Å². The molecule has 1 aliphatic heterocycles. The van der Waals surface area contributed by atoms with E-state index in [2.05, 4.69) is 6.92 Å². The van der Waals surface area contributed by atoms with Crippen molar-refractivity contribution >= 4 is 17.3 Å². The summed E-state index contributed by atoms with van der Waals surface area (Å²) in [6, 6.07) is 1.56. The van der Waals surface area contributed by atoms with E-state index in [9.17, 15) is 9.90 Å². The van der Waals surface area contributed by atoms with Gasteiger partial charge in [-0.2, -0.15) is 0 Å². The summed E-state index contributed by atoms with van der Waals surface area (Å²) in [4.78, 5) is 11.7. The summed E-state index contributed by atoms with van der Waals surface area (Å²) in [5, 5.41) is 21.6. The molecule has 0 bridgehead atoms. The first-order valence-corrected chi connectivity index (χ1v) is 7.10. The molecule has 2 atom stereocenters. The van der Waals surface area contributed by atoms with Crippen molar-refractivity contribution in [1.82, 2.24) is 0 Å². The highest BCUT2D eigenvalue weighted by Crippen LogP contribution is 2.40. The van der Waals surface area contributed by atoms with Gasteiger partial charge in [0.1, 0.15) is 5.60 Å². The van der Waals surface area contributed by atoms with Gasteiger partial charge in [0.05, 0.1) is 23.2 Å². The molecule has 0 saturated carbocycles. The molecule has 2 N–H and O–H groups in total. The first kappa shape index (κ1) is 13.5. The van der Waals surface area contributed by atoms with E-state index in [4.69, 9.17) is 9.84 Å². The van der Waals surface area contributed by atoms with Crippen molar-refractivity contribution in [2.24, 2.45) is 0 Å². The Labute approximate surface area is 110 Å². The molecule has 4 nitrogen and oxygen atoms in total. The van der Waals surface area contributed by atoms with Gasteiger partial charge in [0.15, 0.2) is 0 Å². The Morgan fingerprint density at radius 3 is 3.11 bits per heavy atom. The number of hydrogen-bond acceptors (Lipinski definition) is 4. The first-order valence-electron chi connectivity index (χ1n) is 6.22. The normalized spacial score (nSPS) is 28.2. The smallest absolute Gasteiger partial charge is 0.336 e. The second-order valence-electron chi connectivity index (χ2n) is 4.74. The zero-order valence-electron chi connectivity index (χ0n) is 10.4. The summed E-state index contributed by atoms with van der Waals surface area (Å²) < 4.78 is 5.61. The molecule has 2 heterocycles. The van der Waals surface area contributed by atoms with Crippen LogP contribution in [0.3, 0.4) is 0 Å². The van der Waals surface area contributed by atoms with E-state index in [0.29, 0.717) is 24.3 Å². The van der Waals surface area contributed by atoms with Gasteiger partial charge in [-0.3, -0.25) is 0 Å². The van der Waals surface area contributed by atoms with Gasteiger partial charge in [0, 0.05) is 12.8 Å². The summed E-state index contributed by atoms with van der Waals surface area (Å²) in [5.74, 6) is -0.974. The Morgan fingerprint density at radius 2 is 2.44 bits per heavy atom. The number of ether oxygens (including phenoxy) is 1.